The van der Waals surface area contributed by atoms with Crippen LogP contribution in [0, 0.1) is 12.7 Å². The van der Waals surface area contributed by atoms with Gasteiger partial charge in [-0.1, -0.05) is 19.9 Å². The van der Waals surface area contributed by atoms with Crippen LogP contribution in [-0.4, -0.2) is 4.98 Å². The van der Waals surface area contributed by atoms with Crippen LogP contribution in [0.15, 0.2) is 30.3 Å². The van der Waals surface area contributed by atoms with Crippen LogP contribution in [0.2, 0.25) is 0 Å². The van der Waals surface area contributed by atoms with Crippen LogP contribution in [-0.2, 0) is 5.88 Å². The highest BCUT2D eigenvalue weighted by Crippen LogP contribution is 2.25. The van der Waals surface area contributed by atoms with Gasteiger partial charge < -0.3 is 4.74 Å². The summed E-state index contributed by atoms with van der Waals surface area (Å²) < 4.78 is 19.2. The summed E-state index contributed by atoms with van der Waals surface area (Å²) in [6, 6.07) is 8.50. The second-order valence-electron chi connectivity index (χ2n) is 5.04. The van der Waals surface area contributed by atoms with E-state index < -0.39 is 0 Å². The average Bonchev–Trinajstić information content (AvgIpc) is 2.42. The molecule has 0 aliphatic rings. The molecule has 0 saturated carbocycles. The first-order valence-corrected chi connectivity index (χ1v) is 7.04. The van der Waals surface area contributed by atoms with Crippen LogP contribution in [0.5, 0.6) is 11.6 Å². The Kier molecular flexibility index (Phi) is 4.61. The fourth-order valence-electron chi connectivity index (χ4n) is 1.77. The monoisotopic (exact) mass is 293 g/mol. The molecule has 2 rings (SSSR count). The van der Waals surface area contributed by atoms with Crippen molar-refractivity contribution < 1.29 is 9.13 Å². The third-order valence-electron chi connectivity index (χ3n) is 2.99. The summed E-state index contributed by atoms with van der Waals surface area (Å²) in [5.74, 6) is 1.24. The molecule has 0 fully saturated rings. The fourth-order valence-corrected chi connectivity index (χ4v) is 1.92. The van der Waals surface area contributed by atoms with Gasteiger partial charge in [-0.05, 0) is 36.1 Å². The Morgan fingerprint density at radius 1 is 1.25 bits per heavy atom. The van der Waals surface area contributed by atoms with Gasteiger partial charge in [-0.15, -0.1) is 11.6 Å². The molecule has 0 bridgehead atoms. The largest absolute Gasteiger partial charge is 0.439 e. The average molecular weight is 294 g/mol. The second kappa shape index (κ2) is 6.23. The number of alkyl halides is 1. The zero-order chi connectivity index (χ0) is 14.7. The molecule has 106 valence electrons. The van der Waals surface area contributed by atoms with Gasteiger partial charge in [0.25, 0.3) is 0 Å². The van der Waals surface area contributed by atoms with Crippen LogP contribution < -0.4 is 4.74 Å². The molecule has 0 amide bonds. The number of rotatable bonds is 4. The van der Waals surface area contributed by atoms with Crippen molar-refractivity contribution in [3.63, 3.8) is 0 Å². The predicted octanol–water partition coefficient (Wildman–Crippen LogP) is 5.18. The van der Waals surface area contributed by atoms with Gasteiger partial charge in [0, 0.05) is 23.7 Å². The normalized spacial score (nSPS) is 10.9. The third kappa shape index (κ3) is 3.48. The van der Waals surface area contributed by atoms with E-state index in [1.54, 1.807) is 25.1 Å². The van der Waals surface area contributed by atoms with Gasteiger partial charge in [0.2, 0.25) is 5.88 Å². The lowest BCUT2D eigenvalue weighted by Crippen LogP contribution is -1.98. The van der Waals surface area contributed by atoms with Crippen molar-refractivity contribution in [1.29, 1.82) is 0 Å². The van der Waals surface area contributed by atoms with E-state index in [0.29, 0.717) is 23.1 Å². The molecule has 1 aromatic heterocycles. The number of benzene rings is 1. The van der Waals surface area contributed by atoms with E-state index in [2.05, 4.69) is 18.8 Å². The van der Waals surface area contributed by atoms with E-state index in [1.807, 2.05) is 6.07 Å². The van der Waals surface area contributed by atoms with Crippen LogP contribution in [0.3, 0.4) is 0 Å². The lowest BCUT2D eigenvalue weighted by atomic mass is 10.1. The second-order valence-corrected chi connectivity index (χ2v) is 5.31. The van der Waals surface area contributed by atoms with Gasteiger partial charge in [0.1, 0.15) is 11.6 Å². The van der Waals surface area contributed by atoms with Crippen molar-refractivity contribution in [1.82, 2.24) is 4.98 Å². The lowest BCUT2D eigenvalue weighted by molar-refractivity contribution is 0.454. The van der Waals surface area contributed by atoms with Crippen LogP contribution in [0.25, 0.3) is 0 Å². The van der Waals surface area contributed by atoms with Crippen molar-refractivity contribution in [2.45, 2.75) is 32.6 Å². The standard InChI is InChI=1S/C16H17ClFNO/c1-10(2)15-6-12(9-17)7-16(19-15)20-13-5-4-11(3)14(18)8-13/h4-8,10H,9H2,1-3H3. The number of aromatic nitrogens is 1. The van der Waals surface area contributed by atoms with E-state index in [4.69, 9.17) is 16.3 Å². The first-order valence-electron chi connectivity index (χ1n) is 6.50. The molecule has 0 radical (unpaired) electrons. The number of ether oxygens (including phenoxy) is 1. The van der Waals surface area contributed by atoms with Gasteiger partial charge in [-0.2, -0.15) is 0 Å². The summed E-state index contributed by atoms with van der Waals surface area (Å²) >= 11 is 5.88. The van der Waals surface area contributed by atoms with E-state index in [1.165, 1.54) is 6.07 Å². The first kappa shape index (κ1) is 14.8. The van der Waals surface area contributed by atoms with Crippen molar-refractivity contribution in [2.75, 3.05) is 0 Å². The molecule has 20 heavy (non-hydrogen) atoms. The van der Waals surface area contributed by atoms with Crippen LogP contribution >= 0.6 is 11.6 Å². The van der Waals surface area contributed by atoms with E-state index in [-0.39, 0.29) is 11.7 Å². The molecule has 0 spiro atoms. The van der Waals surface area contributed by atoms with Gasteiger partial charge in [-0.25, -0.2) is 9.37 Å². The molecule has 0 saturated heterocycles. The minimum absolute atomic E-state index is 0.273. The van der Waals surface area contributed by atoms with Crippen LogP contribution in [0.4, 0.5) is 4.39 Å². The fraction of sp³-hybridized carbons (Fsp3) is 0.312. The Hall–Kier alpha value is -1.61. The van der Waals surface area contributed by atoms with Gasteiger partial charge in [0.05, 0.1) is 0 Å². The first-order chi connectivity index (χ1) is 9.49. The summed E-state index contributed by atoms with van der Waals surface area (Å²) in [5.41, 5.74) is 2.43. The zero-order valence-corrected chi connectivity index (χ0v) is 12.5. The Labute approximate surface area is 123 Å². The summed E-state index contributed by atoms with van der Waals surface area (Å²) in [5, 5.41) is 0. The molecule has 2 aromatic rings. The third-order valence-corrected chi connectivity index (χ3v) is 3.30. The van der Waals surface area contributed by atoms with E-state index in [9.17, 15) is 4.39 Å². The van der Waals surface area contributed by atoms with Gasteiger partial charge >= 0.3 is 0 Å². The zero-order valence-electron chi connectivity index (χ0n) is 11.8. The molecule has 0 aliphatic carbocycles. The predicted molar refractivity (Wildman–Crippen MR) is 79.1 cm³/mol. The SMILES string of the molecule is Cc1ccc(Oc2cc(CCl)cc(C(C)C)n2)cc1F. The Balaban J connectivity index is 2.32. The summed E-state index contributed by atoms with van der Waals surface area (Å²) in [6.45, 7) is 5.81. The van der Waals surface area contributed by atoms with Crippen molar-refractivity contribution >= 4 is 11.6 Å². The highest BCUT2D eigenvalue weighted by molar-refractivity contribution is 6.17. The molecule has 1 heterocycles. The number of hydrogen-bond acceptors (Lipinski definition) is 2. The van der Waals surface area contributed by atoms with Crippen LogP contribution in [0.1, 0.15) is 36.6 Å². The van der Waals surface area contributed by atoms with Gasteiger partial charge in [0.15, 0.2) is 0 Å². The number of hydrogen-bond donors (Lipinski definition) is 0. The highest BCUT2D eigenvalue weighted by Gasteiger charge is 2.08. The van der Waals surface area contributed by atoms with E-state index >= 15 is 0 Å². The lowest BCUT2D eigenvalue weighted by Gasteiger charge is -2.11. The van der Waals surface area contributed by atoms with Crippen molar-refractivity contribution in [2.24, 2.45) is 0 Å². The highest BCUT2D eigenvalue weighted by atomic mass is 35.5. The molecule has 0 N–H and O–H groups in total. The van der Waals surface area contributed by atoms with Crippen molar-refractivity contribution in [3.05, 3.63) is 53.0 Å². The minimum atomic E-state index is -0.292. The summed E-state index contributed by atoms with van der Waals surface area (Å²) in [6.07, 6.45) is 0. The summed E-state index contributed by atoms with van der Waals surface area (Å²) in [4.78, 5) is 4.42. The number of aryl methyl sites for hydroxylation is 1. The van der Waals surface area contributed by atoms with Gasteiger partial charge in [-0.3, -0.25) is 0 Å². The molecule has 0 unspecified atom stereocenters. The molecule has 0 aliphatic heterocycles. The molecular weight excluding hydrogens is 277 g/mol. The quantitative estimate of drug-likeness (QED) is 0.724. The minimum Gasteiger partial charge on any atom is -0.439 e. The smallest absolute Gasteiger partial charge is 0.219 e. The number of nitrogens with zero attached hydrogens (tertiary/aromatic N) is 1. The Morgan fingerprint density at radius 3 is 2.60 bits per heavy atom. The molecule has 0 atom stereocenters. The summed E-state index contributed by atoms with van der Waals surface area (Å²) in [7, 11) is 0. The Bertz CT molecular complexity index is 613. The number of pyridine rings is 1. The van der Waals surface area contributed by atoms with E-state index in [0.717, 1.165) is 11.3 Å². The topological polar surface area (TPSA) is 22.1 Å². The molecule has 1 aromatic carbocycles. The molecule has 2 nitrogen and oxygen atoms in total. The maximum absolute atomic E-state index is 13.5. The molecular formula is C16H17ClFNO. The van der Waals surface area contributed by atoms with Crippen molar-refractivity contribution in [3.8, 4) is 11.6 Å². The maximum atomic E-state index is 13.5. The molecule has 4 heteroatoms. The maximum Gasteiger partial charge on any atom is 0.219 e. The number of halogens is 2. The Morgan fingerprint density at radius 2 is 2.00 bits per heavy atom.